The first-order chi connectivity index (χ1) is 19.8. The number of morpholine rings is 1. The molecule has 1 N–H and O–H groups in total. The molecule has 2 aliphatic heterocycles. The third kappa shape index (κ3) is 7.15. The minimum atomic E-state index is -0.525. The molecule has 5 rings (SSSR count). The number of imide groups is 1. The topological polar surface area (TPSA) is 88.2 Å². The molecule has 212 valence electrons. The van der Waals surface area contributed by atoms with Gasteiger partial charge in [-0.2, -0.15) is 0 Å². The van der Waals surface area contributed by atoms with Crippen LogP contribution in [0.4, 0.5) is 16.2 Å². The lowest BCUT2D eigenvalue weighted by Gasteiger charge is -2.30. The summed E-state index contributed by atoms with van der Waals surface area (Å²) in [6.07, 6.45) is 1.61. The number of hydrogen-bond acceptors (Lipinski definition) is 7. The van der Waals surface area contributed by atoms with Crippen molar-refractivity contribution in [3.05, 3.63) is 90.7 Å². The largest absolute Gasteiger partial charge is 0.486 e. The van der Waals surface area contributed by atoms with Crippen molar-refractivity contribution in [2.45, 2.75) is 6.61 Å². The average Bonchev–Trinajstić information content (AvgIpc) is 3.21. The van der Waals surface area contributed by atoms with Gasteiger partial charge in [0.05, 0.1) is 38.4 Å². The molecular formula is C29H24Br2ClN3O5S. The Hall–Kier alpha value is -2.83. The lowest BCUT2D eigenvalue weighted by Crippen LogP contribution is -2.38. The van der Waals surface area contributed by atoms with E-state index in [1.54, 1.807) is 30.3 Å². The molecule has 2 heterocycles. The van der Waals surface area contributed by atoms with Crippen LogP contribution < -0.4 is 15.0 Å². The van der Waals surface area contributed by atoms with Crippen LogP contribution in [0.25, 0.3) is 6.08 Å². The van der Waals surface area contributed by atoms with Crippen LogP contribution in [0.2, 0.25) is 5.02 Å². The lowest BCUT2D eigenvalue weighted by molar-refractivity contribution is -0.127. The first-order valence-corrected chi connectivity index (χ1v) is 15.4. The van der Waals surface area contributed by atoms with E-state index in [9.17, 15) is 14.4 Å². The normalized spacial score (nSPS) is 16.4. The highest BCUT2D eigenvalue weighted by molar-refractivity contribution is 9.11. The van der Waals surface area contributed by atoms with E-state index < -0.39 is 17.1 Å². The molecule has 8 nitrogen and oxygen atoms in total. The number of carbonyl (C=O) groups excluding carboxylic acids is 3. The van der Waals surface area contributed by atoms with E-state index in [1.165, 1.54) is 0 Å². The molecule has 2 fully saturated rings. The van der Waals surface area contributed by atoms with Gasteiger partial charge >= 0.3 is 0 Å². The van der Waals surface area contributed by atoms with E-state index in [0.29, 0.717) is 57.3 Å². The molecule has 2 saturated heterocycles. The first kappa shape index (κ1) is 29.7. The fraction of sp³-hybridized carbons (Fsp3) is 0.207. The second-order valence-electron chi connectivity index (χ2n) is 9.13. The molecule has 0 unspecified atom stereocenters. The van der Waals surface area contributed by atoms with Gasteiger partial charge in [0, 0.05) is 23.7 Å². The van der Waals surface area contributed by atoms with Gasteiger partial charge in [0.15, 0.2) is 0 Å². The zero-order valence-corrected chi connectivity index (χ0v) is 26.3. The summed E-state index contributed by atoms with van der Waals surface area (Å²) in [5.74, 6) is -0.410. The van der Waals surface area contributed by atoms with Crippen molar-refractivity contribution < 1.29 is 23.9 Å². The highest BCUT2D eigenvalue weighted by atomic mass is 79.9. The van der Waals surface area contributed by atoms with Crippen LogP contribution in [0.5, 0.6) is 5.75 Å². The van der Waals surface area contributed by atoms with Crippen molar-refractivity contribution >= 4 is 89.7 Å². The highest BCUT2D eigenvalue weighted by Gasteiger charge is 2.36. The van der Waals surface area contributed by atoms with Crippen molar-refractivity contribution in [2.75, 3.05) is 43.1 Å². The van der Waals surface area contributed by atoms with Gasteiger partial charge in [-0.3, -0.25) is 19.3 Å². The number of amides is 3. The number of nitrogens with one attached hydrogen (secondary N) is 1. The second kappa shape index (κ2) is 13.4. The quantitative estimate of drug-likeness (QED) is 0.252. The number of ether oxygens (including phenoxy) is 2. The van der Waals surface area contributed by atoms with Crippen molar-refractivity contribution in [3.8, 4) is 5.75 Å². The van der Waals surface area contributed by atoms with Gasteiger partial charge in [-0.15, -0.1) is 0 Å². The number of halogens is 3. The van der Waals surface area contributed by atoms with E-state index in [0.717, 1.165) is 27.9 Å². The maximum atomic E-state index is 13.1. The molecular weight excluding hydrogens is 698 g/mol. The summed E-state index contributed by atoms with van der Waals surface area (Å²) >= 11 is 14.1. The van der Waals surface area contributed by atoms with E-state index in [-0.39, 0.29) is 18.1 Å². The summed E-state index contributed by atoms with van der Waals surface area (Å²) in [4.78, 5) is 42.0. The van der Waals surface area contributed by atoms with E-state index in [1.807, 2.05) is 36.4 Å². The van der Waals surface area contributed by atoms with Gasteiger partial charge in [-0.05, 0) is 85.6 Å². The number of anilines is 2. The van der Waals surface area contributed by atoms with Crippen LogP contribution in [0.15, 0.2) is 74.5 Å². The molecule has 12 heteroatoms. The number of para-hydroxylation sites is 2. The molecule has 3 aromatic carbocycles. The molecule has 3 amide bonds. The molecule has 0 saturated carbocycles. The highest BCUT2D eigenvalue weighted by Crippen LogP contribution is 2.38. The van der Waals surface area contributed by atoms with Crippen LogP contribution in [0.3, 0.4) is 0 Å². The van der Waals surface area contributed by atoms with E-state index in [2.05, 4.69) is 42.1 Å². The third-order valence-electron chi connectivity index (χ3n) is 6.35. The Morgan fingerprint density at radius 2 is 1.73 bits per heavy atom. The number of hydrogen-bond donors (Lipinski definition) is 1. The summed E-state index contributed by atoms with van der Waals surface area (Å²) in [6, 6.07) is 18.5. The van der Waals surface area contributed by atoms with Crippen LogP contribution >= 0.6 is 55.2 Å². The predicted molar refractivity (Wildman–Crippen MR) is 168 cm³/mol. The number of thioether (sulfide) groups is 1. The molecule has 0 bridgehead atoms. The zero-order chi connectivity index (χ0) is 28.9. The maximum absolute atomic E-state index is 13.1. The Morgan fingerprint density at radius 1 is 1.05 bits per heavy atom. The minimum absolute atomic E-state index is 0.222. The molecule has 0 aliphatic carbocycles. The van der Waals surface area contributed by atoms with Crippen molar-refractivity contribution in [3.63, 3.8) is 0 Å². The van der Waals surface area contributed by atoms with Gasteiger partial charge in [-0.25, -0.2) is 0 Å². The van der Waals surface area contributed by atoms with Crippen LogP contribution in [-0.4, -0.2) is 54.8 Å². The molecule has 0 radical (unpaired) electrons. The van der Waals surface area contributed by atoms with Crippen LogP contribution in [0, 0.1) is 0 Å². The SMILES string of the molecule is O=C(CN1C(=O)S/C(=C/c2cc(Br)c(OCc3ccccc3Cl)c(Br)c2)C1=O)Nc1ccccc1N1CCOCC1. The lowest BCUT2D eigenvalue weighted by atomic mass is 10.2. The standard InChI is InChI=1S/C29H24Br2ClN3O5S/c30-20-13-18(14-21(31)27(20)40-17-19-5-1-2-6-22(19)32)15-25-28(37)35(29(38)41-25)16-26(36)33-23-7-3-4-8-24(23)34-9-11-39-12-10-34/h1-8,13-15H,9-12,16-17H2,(H,33,36)/b25-15+. The van der Waals surface area contributed by atoms with Gasteiger partial charge in [0.25, 0.3) is 11.1 Å². The summed E-state index contributed by atoms with van der Waals surface area (Å²) in [7, 11) is 0. The number of benzene rings is 3. The Bertz CT molecular complexity index is 1510. The average molecular weight is 722 g/mol. The molecule has 0 atom stereocenters. The number of nitrogens with zero attached hydrogens (tertiary/aromatic N) is 2. The zero-order valence-electron chi connectivity index (χ0n) is 21.6. The Labute approximate surface area is 263 Å². The summed E-state index contributed by atoms with van der Waals surface area (Å²) < 4.78 is 12.7. The van der Waals surface area contributed by atoms with Gasteiger partial charge in [0.2, 0.25) is 5.91 Å². The minimum Gasteiger partial charge on any atom is -0.486 e. The fourth-order valence-electron chi connectivity index (χ4n) is 4.35. The van der Waals surface area contributed by atoms with Crippen molar-refractivity contribution in [1.29, 1.82) is 0 Å². The van der Waals surface area contributed by atoms with E-state index >= 15 is 0 Å². The fourth-order valence-corrected chi connectivity index (χ4v) is 6.83. The molecule has 0 aromatic heterocycles. The number of carbonyl (C=O) groups is 3. The van der Waals surface area contributed by atoms with Gasteiger partial charge in [0.1, 0.15) is 18.9 Å². The number of rotatable bonds is 8. The molecule has 2 aliphatic rings. The monoisotopic (exact) mass is 719 g/mol. The Kier molecular flexibility index (Phi) is 9.72. The molecule has 0 spiro atoms. The first-order valence-electron chi connectivity index (χ1n) is 12.6. The Morgan fingerprint density at radius 3 is 2.46 bits per heavy atom. The summed E-state index contributed by atoms with van der Waals surface area (Å²) in [5, 5.41) is 2.97. The van der Waals surface area contributed by atoms with E-state index in [4.69, 9.17) is 21.1 Å². The summed E-state index contributed by atoms with van der Waals surface area (Å²) in [5.41, 5.74) is 3.00. The van der Waals surface area contributed by atoms with Gasteiger partial charge in [-0.1, -0.05) is 41.9 Å². The smallest absolute Gasteiger partial charge is 0.294 e. The van der Waals surface area contributed by atoms with Gasteiger partial charge < -0.3 is 19.7 Å². The molecule has 41 heavy (non-hydrogen) atoms. The Balaban J connectivity index is 1.25. The summed E-state index contributed by atoms with van der Waals surface area (Å²) in [6.45, 7) is 2.52. The third-order valence-corrected chi connectivity index (χ3v) is 8.81. The van der Waals surface area contributed by atoms with Crippen LogP contribution in [0.1, 0.15) is 11.1 Å². The van der Waals surface area contributed by atoms with Crippen LogP contribution in [-0.2, 0) is 20.9 Å². The second-order valence-corrected chi connectivity index (χ2v) is 12.2. The maximum Gasteiger partial charge on any atom is 0.294 e. The predicted octanol–water partition coefficient (Wildman–Crippen LogP) is 6.96. The van der Waals surface area contributed by atoms with Crippen molar-refractivity contribution in [1.82, 2.24) is 4.90 Å². The molecule has 3 aromatic rings. The van der Waals surface area contributed by atoms with Crippen molar-refractivity contribution in [2.24, 2.45) is 0 Å².